The predicted molar refractivity (Wildman–Crippen MR) is 74.9 cm³/mol. The maximum Gasteiger partial charge on any atom is 0.106 e. The van der Waals surface area contributed by atoms with Gasteiger partial charge in [0.1, 0.15) is 6.10 Å². The summed E-state index contributed by atoms with van der Waals surface area (Å²) >= 11 is 3.37. The number of hydrogen-bond donors (Lipinski definition) is 1. The Morgan fingerprint density at radius 2 is 1.94 bits per heavy atom. The number of aliphatic hydroxyl groups is 1. The van der Waals surface area contributed by atoms with Crippen molar-refractivity contribution in [3.05, 3.63) is 57.1 Å². The monoisotopic (exact) mass is 260 g/mol. The highest BCUT2D eigenvalue weighted by Crippen LogP contribution is 2.34. The van der Waals surface area contributed by atoms with Crippen molar-refractivity contribution in [3.63, 3.8) is 0 Å². The molecule has 1 unspecified atom stereocenters. The van der Waals surface area contributed by atoms with E-state index in [0.717, 1.165) is 16.5 Å². The van der Waals surface area contributed by atoms with Gasteiger partial charge in [-0.3, -0.25) is 0 Å². The van der Waals surface area contributed by atoms with E-state index >= 15 is 0 Å². The molecule has 0 amide bonds. The quantitative estimate of drug-likeness (QED) is 0.726. The smallest absolute Gasteiger partial charge is 0.106 e. The van der Waals surface area contributed by atoms with Crippen LogP contribution in [0.1, 0.15) is 22.1 Å². The van der Waals surface area contributed by atoms with Gasteiger partial charge in [0.2, 0.25) is 0 Å². The Kier molecular flexibility index (Phi) is 2.74. The first-order valence-corrected chi connectivity index (χ1v) is 7.21. The maximum absolute atomic E-state index is 10.4. The molecule has 1 aromatic carbocycles. The third kappa shape index (κ3) is 1.90. The molecule has 17 heavy (non-hydrogen) atoms. The van der Waals surface area contributed by atoms with Crippen LogP contribution in [0.4, 0.5) is 0 Å². The second-order valence-corrected chi connectivity index (χ2v) is 6.11. The van der Waals surface area contributed by atoms with Gasteiger partial charge in [0, 0.05) is 15.1 Å². The van der Waals surface area contributed by atoms with Crippen LogP contribution >= 0.6 is 22.7 Å². The van der Waals surface area contributed by atoms with Crippen LogP contribution in [0.5, 0.6) is 0 Å². The molecule has 2 heterocycles. The van der Waals surface area contributed by atoms with Crippen molar-refractivity contribution in [2.24, 2.45) is 0 Å². The molecule has 0 radical (unpaired) electrons. The second kappa shape index (κ2) is 4.26. The first-order valence-electron chi connectivity index (χ1n) is 5.45. The first kappa shape index (κ1) is 11.0. The van der Waals surface area contributed by atoms with Crippen LogP contribution in [-0.4, -0.2) is 5.11 Å². The fourth-order valence-electron chi connectivity index (χ4n) is 2.00. The minimum absolute atomic E-state index is 0.504. The predicted octanol–water partition coefficient (Wildman–Crippen LogP) is 4.35. The van der Waals surface area contributed by atoms with E-state index in [9.17, 15) is 5.11 Å². The van der Waals surface area contributed by atoms with E-state index in [4.69, 9.17) is 0 Å². The van der Waals surface area contributed by atoms with Crippen LogP contribution in [-0.2, 0) is 0 Å². The largest absolute Gasteiger partial charge is 0.384 e. The lowest BCUT2D eigenvalue weighted by Crippen LogP contribution is -1.96. The number of aliphatic hydroxyl groups excluding tert-OH is 1. The van der Waals surface area contributed by atoms with Crippen molar-refractivity contribution in [2.45, 2.75) is 13.0 Å². The molecule has 0 aliphatic rings. The summed E-state index contributed by atoms with van der Waals surface area (Å²) in [4.78, 5) is 1.23. The first-order chi connectivity index (χ1) is 8.25. The molecule has 0 spiro atoms. The Morgan fingerprint density at radius 1 is 1.12 bits per heavy atom. The van der Waals surface area contributed by atoms with Crippen LogP contribution in [0.15, 0.2) is 41.1 Å². The van der Waals surface area contributed by atoms with E-state index in [2.05, 4.69) is 30.5 Å². The number of thiophene rings is 2. The lowest BCUT2D eigenvalue weighted by molar-refractivity contribution is 0.223. The number of benzene rings is 1. The van der Waals surface area contributed by atoms with E-state index in [1.54, 1.807) is 22.7 Å². The van der Waals surface area contributed by atoms with E-state index in [1.807, 2.05) is 17.5 Å². The minimum atomic E-state index is -0.504. The molecule has 0 bridgehead atoms. The van der Waals surface area contributed by atoms with Crippen molar-refractivity contribution in [2.75, 3.05) is 0 Å². The molecule has 0 saturated heterocycles. The Balaban J connectivity index is 2.09. The van der Waals surface area contributed by atoms with E-state index < -0.39 is 6.10 Å². The molecule has 0 saturated carbocycles. The third-order valence-electron chi connectivity index (χ3n) is 2.87. The van der Waals surface area contributed by atoms with Crippen LogP contribution in [0.3, 0.4) is 0 Å². The fourth-order valence-corrected chi connectivity index (χ4v) is 3.70. The Bertz CT molecular complexity index is 651. The zero-order valence-corrected chi connectivity index (χ0v) is 11.0. The maximum atomic E-state index is 10.4. The molecule has 1 N–H and O–H groups in total. The summed E-state index contributed by atoms with van der Waals surface area (Å²) in [5, 5.41) is 15.7. The highest BCUT2D eigenvalue weighted by molar-refractivity contribution is 7.17. The average molecular weight is 260 g/mol. The number of hydrogen-bond acceptors (Lipinski definition) is 3. The summed E-state index contributed by atoms with van der Waals surface area (Å²) < 4.78 is 1.23. The zero-order valence-electron chi connectivity index (χ0n) is 9.38. The van der Waals surface area contributed by atoms with Crippen LogP contribution in [0.25, 0.3) is 10.1 Å². The van der Waals surface area contributed by atoms with Gasteiger partial charge in [0.25, 0.3) is 0 Å². The van der Waals surface area contributed by atoms with Gasteiger partial charge >= 0.3 is 0 Å². The molecule has 0 aliphatic carbocycles. The molecule has 3 aromatic rings. The normalized spacial score (nSPS) is 13.1. The second-order valence-electron chi connectivity index (χ2n) is 4.08. The lowest BCUT2D eigenvalue weighted by Gasteiger charge is -2.07. The highest BCUT2D eigenvalue weighted by Gasteiger charge is 2.15. The van der Waals surface area contributed by atoms with Crippen molar-refractivity contribution >= 4 is 32.8 Å². The van der Waals surface area contributed by atoms with Crippen LogP contribution < -0.4 is 0 Å². The zero-order chi connectivity index (χ0) is 11.8. The van der Waals surface area contributed by atoms with Gasteiger partial charge in [-0.25, -0.2) is 0 Å². The van der Waals surface area contributed by atoms with Gasteiger partial charge in [0.05, 0.1) is 0 Å². The molecule has 86 valence electrons. The Labute approximate surface area is 108 Å². The van der Waals surface area contributed by atoms with Gasteiger partial charge < -0.3 is 5.11 Å². The molecular weight excluding hydrogens is 248 g/mol. The summed E-state index contributed by atoms with van der Waals surface area (Å²) in [6.45, 7) is 2.06. The summed E-state index contributed by atoms with van der Waals surface area (Å²) in [6, 6.07) is 10.3. The number of aryl methyl sites for hydroxylation is 1. The summed E-state index contributed by atoms with van der Waals surface area (Å²) in [6.07, 6.45) is -0.504. The average Bonchev–Trinajstić information content (AvgIpc) is 2.94. The fraction of sp³-hybridized carbons (Fsp3) is 0.143. The summed E-state index contributed by atoms with van der Waals surface area (Å²) in [5.41, 5.74) is 2.01. The lowest BCUT2D eigenvalue weighted by atomic mass is 10.0. The molecule has 0 fully saturated rings. The Morgan fingerprint density at radius 3 is 2.71 bits per heavy atom. The molecule has 3 heteroatoms. The van der Waals surface area contributed by atoms with Crippen LogP contribution in [0.2, 0.25) is 0 Å². The van der Waals surface area contributed by atoms with E-state index in [1.165, 1.54) is 9.58 Å². The molecule has 2 aromatic heterocycles. The molecule has 0 aliphatic heterocycles. The standard InChI is InChI=1S/C14H12OS2/c1-9-6-10(7-16-9)14(15)12-8-17-13-5-3-2-4-11(12)13/h2-8,14-15H,1H3. The SMILES string of the molecule is Cc1cc(C(O)c2csc3ccccc23)cs1. The molecular formula is C14H12OS2. The topological polar surface area (TPSA) is 20.2 Å². The van der Waals surface area contributed by atoms with Gasteiger partial charge in [-0.15, -0.1) is 22.7 Å². The van der Waals surface area contributed by atoms with Crippen molar-refractivity contribution < 1.29 is 5.11 Å². The molecule has 1 atom stereocenters. The Hall–Kier alpha value is -1.16. The van der Waals surface area contributed by atoms with Gasteiger partial charge in [-0.2, -0.15) is 0 Å². The van der Waals surface area contributed by atoms with Gasteiger partial charge in [-0.1, -0.05) is 18.2 Å². The minimum Gasteiger partial charge on any atom is -0.384 e. The van der Waals surface area contributed by atoms with Crippen molar-refractivity contribution in [1.29, 1.82) is 0 Å². The molecule has 3 rings (SSSR count). The van der Waals surface area contributed by atoms with Gasteiger partial charge in [-0.05, 0) is 40.8 Å². The van der Waals surface area contributed by atoms with Crippen LogP contribution in [0, 0.1) is 6.92 Å². The van der Waals surface area contributed by atoms with Crippen molar-refractivity contribution in [1.82, 2.24) is 0 Å². The summed E-state index contributed by atoms with van der Waals surface area (Å²) in [7, 11) is 0. The number of fused-ring (bicyclic) bond motifs is 1. The third-order valence-corrected chi connectivity index (χ3v) is 4.73. The van der Waals surface area contributed by atoms with E-state index in [-0.39, 0.29) is 0 Å². The van der Waals surface area contributed by atoms with Gasteiger partial charge in [0.15, 0.2) is 0 Å². The number of rotatable bonds is 2. The van der Waals surface area contributed by atoms with E-state index in [0.29, 0.717) is 0 Å². The molecule has 1 nitrogen and oxygen atoms in total. The van der Waals surface area contributed by atoms with Crippen molar-refractivity contribution in [3.8, 4) is 0 Å². The summed E-state index contributed by atoms with van der Waals surface area (Å²) in [5.74, 6) is 0. The highest BCUT2D eigenvalue weighted by atomic mass is 32.1.